The fraction of sp³-hybridized carbons (Fsp3) is 0.800. The molecule has 0 aliphatic carbocycles. The van der Waals surface area contributed by atoms with Gasteiger partial charge in [-0.25, -0.2) is 4.68 Å². The molecule has 86 valence electrons. The van der Waals surface area contributed by atoms with Crippen LogP contribution in [0.4, 0.5) is 0 Å². The summed E-state index contributed by atoms with van der Waals surface area (Å²) in [5, 5.41) is 7.90. The Morgan fingerprint density at radius 1 is 1.20 bits per heavy atom. The number of hydrogen-bond donors (Lipinski definition) is 0. The van der Waals surface area contributed by atoms with Crippen molar-refractivity contribution in [2.45, 2.75) is 53.2 Å². The number of hydrogen-bond acceptors (Lipinski definition) is 4. The normalized spacial score (nSPS) is 11.6. The molecule has 0 spiro atoms. The molecule has 0 aromatic carbocycles. The highest BCUT2D eigenvalue weighted by Crippen LogP contribution is 2.00. The van der Waals surface area contributed by atoms with Crippen LogP contribution in [0.1, 0.15) is 33.4 Å². The van der Waals surface area contributed by atoms with Crippen LogP contribution in [-0.4, -0.2) is 27.2 Å². The van der Waals surface area contributed by atoms with E-state index in [-0.39, 0.29) is 12.2 Å². The van der Waals surface area contributed by atoms with Crippen LogP contribution >= 0.6 is 0 Å². The first-order valence-electron chi connectivity index (χ1n) is 5.20. The highest BCUT2D eigenvalue weighted by atomic mass is 16.5. The van der Waals surface area contributed by atoms with Crippen molar-refractivity contribution in [3.8, 4) is 0 Å². The van der Waals surface area contributed by atoms with Gasteiger partial charge in [0.1, 0.15) is 12.4 Å². The third-order valence-electron chi connectivity index (χ3n) is 1.69. The fourth-order valence-electron chi connectivity index (χ4n) is 0.945. The van der Waals surface area contributed by atoms with Gasteiger partial charge in [-0.3, -0.25) is 0 Å². The first kappa shape index (κ1) is 12.1. The number of rotatable bonds is 6. The van der Waals surface area contributed by atoms with E-state index in [0.29, 0.717) is 13.3 Å². The predicted octanol–water partition coefficient (Wildman–Crippen LogP) is 1.59. The molecule has 0 N–H and O–H groups in total. The van der Waals surface area contributed by atoms with E-state index in [1.165, 1.54) is 0 Å². The Bertz CT molecular complexity index is 257. The molecule has 0 amide bonds. The maximum atomic E-state index is 5.41. The summed E-state index contributed by atoms with van der Waals surface area (Å²) in [5.74, 6) is 0. The van der Waals surface area contributed by atoms with Crippen molar-refractivity contribution in [3.63, 3.8) is 0 Å². The van der Waals surface area contributed by atoms with Crippen molar-refractivity contribution in [2.24, 2.45) is 0 Å². The number of ether oxygens (including phenoxy) is 2. The Kier molecular flexibility index (Phi) is 4.71. The minimum atomic E-state index is 0.199. The molecule has 0 aliphatic heterocycles. The number of nitrogens with zero attached hydrogens (tertiary/aromatic N) is 3. The zero-order valence-electron chi connectivity index (χ0n) is 9.80. The fourth-order valence-corrected chi connectivity index (χ4v) is 0.945. The second-order valence-corrected chi connectivity index (χ2v) is 3.95. The molecular formula is C10H19N3O2. The first-order valence-corrected chi connectivity index (χ1v) is 5.20. The monoisotopic (exact) mass is 213 g/mol. The molecule has 15 heavy (non-hydrogen) atoms. The molecule has 1 heterocycles. The Morgan fingerprint density at radius 2 is 1.87 bits per heavy atom. The van der Waals surface area contributed by atoms with Gasteiger partial charge in [-0.2, -0.15) is 0 Å². The van der Waals surface area contributed by atoms with Crippen molar-refractivity contribution in [2.75, 3.05) is 0 Å². The van der Waals surface area contributed by atoms with Gasteiger partial charge in [0.05, 0.1) is 25.0 Å². The molecule has 1 aromatic rings. The van der Waals surface area contributed by atoms with Crippen LogP contribution in [0.2, 0.25) is 0 Å². The molecule has 0 radical (unpaired) electrons. The van der Waals surface area contributed by atoms with Crippen LogP contribution in [0.15, 0.2) is 6.20 Å². The Morgan fingerprint density at radius 3 is 2.47 bits per heavy atom. The van der Waals surface area contributed by atoms with E-state index < -0.39 is 0 Å². The van der Waals surface area contributed by atoms with Gasteiger partial charge < -0.3 is 9.47 Å². The van der Waals surface area contributed by atoms with E-state index in [1.807, 2.05) is 33.9 Å². The molecule has 5 nitrogen and oxygen atoms in total. The molecule has 0 fully saturated rings. The summed E-state index contributed by atoms with van der Waals surface area (Å²) in [6.45, 7) is 8.89. The van der Waals surface area contributed by atoms with E-state index in [1.54, 1.807) is 4.68 Å². The number of aromatic nitrogens is 3. The van der Waals surface area contributed by atoms with Gasteiger partial charge in [-0.1, -0.05) is 5.21 Å². The third kappa shape index (κ3) is 4.90. The Balaban J connectivity index is 2.35. The van der Waals surface area contributed by atoms with Gasteiger partial charge in [-0.15, -0.1) is 5.10 Å². The van der Waals surface area contributed by atoms with Crippen molar-refractivity contribution >= 4 is 0 Å². The molecular weight excluding hydrogens is 194 g/mol. The second-order valence-electron chi connectivity index (χ2n) is 3.95. The molecule has 1 aromatic heterocycles. The molecule has 1 rings (SSSR count). The summed E-state index contributed by atoms with van der Waals surface area (Å²) in [6.07, 6.45) is 2.25. The van der Waals surface area contributed by atoms with Crippen LogP contribution in [0.3, 0.4) is 0 Å². The van der Waals surface area contributed by atoms with Crippen molar-refractivity contribution in [1.82, 2.24) is 15.0 Å². The lowest BCUT2D eigenvalue weighted by Gasteiger charge is -2.06. The second kappa shape index (κ2) is 5.82. The molecule has 0 saturated carbocycles. The van der Waals surface area contributed by atoms with Crippen molar-refractivity contribution in [3.05, 3.63) is 11.9 Å². The third-order valence-corrected chi connectivity index (χ3v) is 1.69. The van der Waals surface area contributed by atoms with E-state index >= 15 is 0 Å². The minimum absolute atomic E-state index is 0.199. The molecule has 0 aliphatic rings. The van der Waals surface area contributed by atoms with Crippen molar-refractivity contribution < 1.29 is 9.47 Å². The lowest BCUT2D eigenvalue weighted by Crippen LogP contribution is -2.08. The highest BCUT2D eigenvalue weighted by Gasteiger charge is 2.02. The summed E-state index contributed by atoms with van der Waals surface area (Å²) in [6, 6.07) is 0. The topological polar surface area (TPSA) is 49.2 Å². The van der Waals surface area contributed by atoms with Gasteiger partial charge in [0.2, 0.25) is 0 Å². The van der Waals surface area contributed by atoms with Gasteiger partial charge >= 0.3 is 0 Å². The van der Waals surface area contributed by atoms with Crippen LogP contribution in [0.5, 0.6) is 0 Å². The van der Waals surface area contributed by atoms with Gasteiger partial charge in [-0.05, 0) is 27.7 Å². The SMILES string of the molecule is CC(C)OCc1cn(COC(C)C)nn1. The highest BCUT2D eigenvalue weighted by molar-refractivity contribution is 4.89. The van der Waals surface area contributed by atoms with Crippen LogP contribution in [0.25, 0.3) is 0 Å². The molecule has 0 saturated heterocycles. The maximum Gasteiger partial charge on any atom is 0.141 e. The smallest absolute Gasteiger partial charge is 0.141 e. The average molecular weight is 213 g/mol. The predicted molar refractivity (Wildman–Crippen MR) is 56.2 cm³/mol. The van der Waals surface area contributed by atoms with E-state index in [0.717, 1.165) is 5.69 Å². The average Bonchev–Trinajstić information content (AvgIpc) is 2.59. The van der Waals surface area contributed by atoms with Gasteiger partial charge in [0, 0.05) is 0 Å². The van der Waals surface area contributed by atoms with Crippen LogP contribution < -0.4 is 0 Å². The lowest BCUT2D eigenvalue weighted by molar-refractivity contribution is 0.0210. The van der Waals surface area contributed by atoms with E-state index in [4.69, 9.17) is 9.47 Å². The molecule has 0 bridgehead atoms. The summed E-state index contributed by atoms with van der Waals surface area (Å²) >= 11 is 0. The lowest BCUT2D eigenvalue weighted by atomic mass is 10.4. The van der Waals surface area contributed by atoms with Crippen LogP contribution in [-0.2, 0) is 22.8 Å². The van der Waals surface area contributed by atoms with Crippen LogP contribution in [0, 0.1) is 0 Å². The zero-order valence-corrected chi connectivity index (χ0v) is 9.80. The summed E-state index contributed by atoms with van der Waals surface area (Å²) in [5.41, 5.74) is 0.830. The standard InChI is InChI=1S/C10H19N3O2/c1-8(2)14-6-10-5-13(12-11-10)7-15-9(3)4/h5,8-9H,6-7H2,1-4H3. The Hall–Kier alpha value is -0.940. The quantitative estimate of drug-likeness (QED) is 0.720. The summed E-state index contributed by atoms with van der Waals surface area (Å²) in [4.78, 5) is 0. The minimum Gasteiger partial charge on any atom is -0.372 e. The van der Waals surface area contributed by atoms with E-state index in [9.17, 15) is 0 Å². The Labute approximate surface area is 90.4 Å². The molecule has 0 unspecified atom stereocenters. The molecule has 0 atom stereocenters. The molecule has 5 heteroatoms. The van der Waals surface area contributed by atoms with Gasteiger partial charge in [0.25, 0.3) is 0 Å². The van der Waals surface area contributed by atoms with E-state index in [2.05, 4.69) is 10.3 Å². The largest absolute Gasteiger partial charge is 0.372 e. The maximum absolute atomic E-state index is 5.41. The zero-order chi connectivity index (χ0) is 11.3. The van der Waals surface area contributed by atoms with Crippen molar-refractivity contribution in [1.29, 1.82) is 0 Å². The summed E-state index contributed by atoms with van der Waals surface area (Å²) in [7, 11) is 0. The van der Waals surface area contributed by atoms with Gasteiger partial charge in [0.15, 0.2) is 0 Å². The first-order chi connectivity index (χ1) is 7.08. The summed E-state index contributed by atoms with van der Waals surface area (Å²) < 4.78 is 12.5.